The van der Waals surface area contributed by atoms with E-state index in [0.29, 0.717) is 0 Å². The van der Waals surface area contributed by atoms with E-state index in [1.54, 1.807) is 13.8 Å². The number of alkyl halides is 5. The zero-order valence-electron chi connectivity index (χ0n) is 7.44. The second-order valence-electron chi connectivity index (χ2n) is 2.73. The Bertz CT molecular complexity index is 201. The summed E-state index contributed by atoms with van der Waals surface area (Å²) in [6.07, 6.45) is -0.618. The van der Waals surface area contributed by atoms with Gasteiger partial charge in [0.2, 0.25) is 0 Å². The Morgan fingerprint density at radius 3 is 1.93 bits per heavy atom. The molecule has 14 heavy (non-hydrogen) atoms. The van der Waals surface area contributed by atoms with Crippen LogP contribution in [0.3, 0.4) is 0 Å². The molecular weight excluding hydrogens is 293 g/mol. The Kier molecular flexibility index (Phi) is 6.24. The summed E-state index contributed by atoms with van der Waals surface area (Å²) in [5.74, 6) is -0.960. The second kappa shape index (κ2) is 5.86. The average Bonchev–Trinajstić information content (AvgIpc) is 2.00. The predicted octanol–water partition coefficient (Wildman–Crippen LogP) is 3.52. The van der Waals surface area contributed by atoms with Crippen molar-refractivity contribution in [3.8, 4) is 0 Å². The summed E-state index contributed by atoms with van der Waals surface area (Å²) in [5.41, 5.74) is 0. The van der Waals surface area contributed by atoms with E-state index in [0.717, 1.165) is 0 Å². The van der Waals surface area contributed by atoms with Gasteiger partial charge in [-0.05, 0) is 13.8 Å². The molecule has 0 fully saturated rings. The van der Waals surface area contributed by atoms with Crippen LogP contribution in [0.2, 0.25) is 0 Å². The van der Waals surface area contributed by atoms with E-state index in [1.807, 2.05) is 0 Å². The number of carbonyl (C=O) groups is 1. The lowest BCUT2D eigenvalue weighted by Crippen LogP contribution is -2.34. The fourth-order valence-electron chi connectivity index (χ4n) is 0.674. The van der Waals surface area contributed by atoms with E-state index in [4.69, 9.17) is 62.7 Å². The lowest BCUT2D eigenvalue weighted by atomic mass is 10.2. The van der Waals surface area contributed by atoms with Crippen LogP contribution < -0.4 is 0 Å². The smallest absolute Gasteiger partial charge is 0.358 e. The monoisotopic (exact) mass is 300 g/mol. The fourth-order valence-corrected chi connectivity index (χ4v) is 1.06. The molecule has 84 valence electrons. The molecule has 7 heteroatoms. The summed E-state index contributed by atoms with van der Waals surface area (Å²) in [6, 6.07) is 0. The van der Waals surface area contributed by atoms with Crippen molar-refractivity contribution in [3.05, 3.63) is 0 Å². The molecule has 0 amide bonds. The molecule has 0 saturated heterocycles. The van der Waals surface area contributed by atoms with Gasteiger partial charge in [0, 0.05) is 0 Å². The van der Waals surface area contributed by atoms with Crippen molar-refractivity contribution >= 4 is 64.0 Å². The Hall–Kier alpha value is 0.920. The van der Waals surface area contributed by atoms with Gasteiger partial charge in [0.1, 0.15) is 6.10 Å². The van der Waals surface area contributed by atoms with Gasteiger partial charge >= 0.3 is 5.97 Å². The molecule has 0 aliphatic heterocycles. The van der Waals surface area contributed by atoms with Crippen LogP contribution in [0.1, 0.15) is 13.8 Å². The van der Waals surface area contributed by atoms with Crippen molar-refractivity contribution in [2.24, 2.45) is 0 Å². The summed E-state index contributed by atoms with van der Waals surface area (Å²) in [6.45, 7) is 3.25. The molecule has 0 heterocycles. The van der Waals surface area contributed by atoms with Crippen molar-refractivity contribution in [1.29, 1.82) is 0 Å². The first-order valence-electron chi connectivity index (χ1n) is 3.72. The number of carbonyl (C=O) groups excluding carboxylic acids is 1. The van der Waals surface area contributed by atoms with Gasteiger partial charge in [-0.2, -0.15) is 0 Å². The van der Waals surface area contributed by atoms with Crippen LogP contribution in [0.5, 0.6) is 0 Å². The second-order valence-corrected chi connectivity index (χ2v) is 6.20. The minimum atomic E-state index is -2.08. The highest BCUT2D eigenvalue weighted by Crippen LogP contribution is 2.29. The van der Waals surface area contributed by atoms with Gasteiger partial charge in [0.05, 0.1) is 10.8 Å². The lowest BCUT2D eigenvalue weighted by Gasteiger charge is -2.22. The molecule has 0 aromatic rings. The van der Waals surface area contributed by atoms with Crippen LogP contribution in [0.25, 0.3) is 0 Å². The van der Waals surface area contributed by atoms with Crippen molar-refractivity contribution < 1.29 is 9.53 Å². The largest absolute Gasteiger partial charge is 0.458 e. The zero-order valence-corrected chi connectivity index (χ0v) is 11.2. The average molecular weight is 302 g/mol. The number of halogens is 5. The highest BCUT2D eigenvalue weighted by molar-refractivity contribution is 6.75. The first-order valence-corrected chi connectivity index (χ1v) is 5.73. The molecule has 0 aromatic carbocycles. The minimum absolute atomic E-state index is 0.352. The van der Waals surface area contributed by atoms with E-state index in [-0.39, 0.29) is 5.38 Å². The maximum atomic E-state index is 11.1. The van der Waals surface area contributed by atoms with Crippen molar-refractivity contribution in [2.75, 3.05) is 0 Å². The Morgan fingerprint density at radius 2 is 1.64 bits per heavy atom. The highest BCUT2D eigenvalue weighted by Gasteiger charge is 2.35. The Balaban J connectivity index is 4.20. The third-order valence-electron chi connectivity index (χ3n) is 1.41. The molecule has 0 saturated carbocycles. The molecule has 0 unspecified atom stereocenters. The summed E-state index contributed by atoms with van der Waals surface area (Å²) in [4.78, 5) is 11.1. The molecule has 0 aliphatic carbocycles. The van der Waals surface area contributed by atoms with E-state index < -0.39 is 21.2 Å². The van der Waals surface area contributed by atoms with Gasteiger partial charge < -0.3 is 4.74 Å². The maximum absolute atomic E-state index is 11.1. The van der Waals surface area contributed by atoms with Crippen LogP contribution in [0.15, 0.2) is 0 Å². The van der Waals surface area contributed by atoms with Gasteiger partial charge in [-0.15, -0.1) is 23.2 Å². The number of esters is 1. The van der Waals surface area contributed by atoms with Crippen molar-refractivity contribution in [1.82, 2.24) is 0 Å². The van der Waals surface area contributed by atoms with E-state index >= 15 is 0 Å². The molecule has 0 aliphatic rings. The van der Waals surface area contributed by atoms with Crippen LogP contribution >= 0.6 is 58.0 Å². The van der Waals surface area contributed by atoms with Crippen molar-refractivity contribution in [3.63, 3.8) is 0 Å². The van der Waals surface area contributed by atoms with Gasteiger partial charge in [0.25, 0.3) is 3.79 Å². The van der Waals surface area contributed by atoms with Crippen LogP contribution in [0, 0.1) is 0 Å². The molecule has 0 bridgehead atoms. The maximum Gasteiger partial charge on any atom is 0.358 e. The SMILES string of the molecule is C[C@@H](Cl)[C@H](Cl)[C@@H](C)OC(=O)C(Cl)(Cl)Cl. The molecule has 0 aromatic heterocycles. The number of hydrogen-bond acceptors (Lipinski definition) is 2. The quantitative estimate of drug-likeness (QED) is 0.589. The zero-order chi connectivity index (χ0) is 11.5. The summed E-state index contributed by atoms with van der Waals surface area (Å²) in [7, 11) is 0. The Morgan fingerprint density at radius 1 is 1.21 bits per heavy atom. The normalized spacial score (nSPS) is 18.5. The fraction of sp³-hybridized carbons (Fsp3) is 0.857. The number of ether oxygens (including phenoxy) is 1. The highest BCUT2D eigenvalue weighted by atomic mass is 35.6. The van der Waals surface area contributed by atoms with Gasteiger partial charge in [-0.3, -0.25) is 0 Å². The summed E-state index contributed by atoms with van der Waals surface area (Å²) >= 11 is 27.4. The molecule has 3 atom stereocenters. The molecule has 0 rings (SSSR count). The molecular formula is C7H9Cl5O2. The third kappa shape index (κ3) is 5.13. The van der Waals surface area contributed by atoms with Gasteiger partial charge in [-0.1, -0.05) is 34.8 Å². The molecule has 0 N–H and O–H groups in total. The number of rotatable bonds is 3. The van der Waals surface area contributed by atoms with Crippen LogP contribution in [-0.4, -0.2) is 26.6 Å². The Labute approximate surface area is 108 Å². The lowest BCUT2D eigenvalue weighted by molar-refractivity contribution is -0.147. The first-order chi connectivity index (χ1) is 6.16. The molecule has 0 radical (unpaired) electrons. The number of hydrogen-bond donors (Lipinski definition) is 0. The van der Waals surface area contributed by atoms with Crippen LogP contribution in [-0.2, 0) is 9.53 Å². The molecule has 2 nitrogen and oxygen atoms in total. The van der Waals surface area contributed by atoms with E-state index in [9.17, 15) is 4.79 Å². The standard InChI is InChI=1S/C7H9Cl5O2/c1-3(8)5(9)4(2)14-6(13)7(10,11)12/h3-5H,1-2H3/t3-,4-,5+/m1/s1. The molecule has 0 spiro atoms. The summed E-state index contributed by atoms with van der Waals surface area (Å²) in [5, 5.41) is -0.886. The first kappa shape index (κ1) is 14.9. The van der Waals surface area contributed by atoms with Crippen LogP contribution in [0.4, 0.5) is 0 Å². The van der Waals surface area contributed by atoms with Crippen molar-refractivity contribution in [2.45, 2.75) is 34.5 Å². The predicted molar refractivity (Wildman–Crippen MR) is 60.8 cm³/mol. The van der Waals surface area contributed by atoms with Gasteiger partial charge in [-0.25, -0.2) is 4.79 Å². The topological polar surface area (TPSA) is 26.3 Å². The third-order valence-corrected chi connectivity index (χ3v) is 3.01. The van der Waals surface area contributed by atoms with Gasteiger partial charge in [0.15, 0.2) is 0 Å². The summed E-state index contributed by atoms with van der Waals surface area (Å²) < 4.78 is 2.70. The van der Waals surface area contributed by atoms with E-state index in [2.05, 4.69) is 0 Å². The van der Waals surface area contributed by atoms with E-state index in [1.165, 1.54) is 0 Å². The minimum Gasteiger partial charge on any atom is -0.458 e.